The molecule has 0 aromatic rings. The van der Waals surface area contributed by atoms with Crippen LogP contribution < -0.4 is 0 Å². The standard InChI is InChI=1S/2C12H23N.CH4/c1-10(2)13-9-5-7-11-6-3-4-8-12(11)13;1-10(2)13-8-7-11-5-3-4-6-12(11)9-13;/h2*10-12H,3-9H2,1-2H3;1H4. The molecule has 0 aromatic heterocycles. The second-order valence-corrected chi connectivity index (χ2v) is 10.3. The van der Waals surface area contributed by atoms with Crippen LogP contribution in [0.2, 0.25) is 0 Å². The fourth-order valence-electron chi connectivity index (χ4n) is 6.40. The van der Waals surface area contributed by atoms with Crippen molar-refractivity contribution < 1.29 is 0 Å². The van der Waals surface area contributed by atoms with Gasteiger partial charge in [0.2, 0.25) is 0 Å². The molecule has 0 radical (unpaired) electrons. The molecule has 4 rings (SSSR count). The summed E-state index contributed by atoms with van der Waals surface area (Å²) in [5.41, 5.74) is 0. The average Bonchev–Trinajstić information content (AvgIpc) is 2.67. The van der Waals surface area contributed by atoms with E-state index in [4.69, 9.17) is 0 Å². The molecule has 2 saturated heterocycles. The minimum Gasteiger partial charge on any atom is -0.301 e. The Kier molecular flexibility index (Phi) is 9.62. The van der Waals surface area contributed by atoms with Crippen molar-refractivity contribution in [2.24, 2.45) is 17.8 Å². The molecule has 2 aliphatic carbocycles. The molecule has 0 spiro atoms. The van der Waals surface area contributed by atoms with Crippen LogP contribution in [0.15, 0.2) is 0 Å². The molecule has 2 aliphatic heterocycles. The number of piperidine rings is 2. The molecule has 0 aromatic carbocycles. The van der Waals surface area contributed by atoms with Gasteiger partial charge in [-0.15, -0.1) is 0 Å². The number of hydrogen-bond donors (Lipinski definition) is 0. The molecular weight excluding hydrogens is 328 g/mol. The van der Waals surface area contributed by atoms with Crippen LogP contribution in [0.1, 0.15) is 106 Å². The third-order valence-corrected chi connectivity index (χ3v) is 8.00. The van der Waals surface area contributed by atoms with Crippen LogP contribution in [0.3, 0.4) is 0 Å². The third-order valence-electron chi connectivity index (χ3n) is 8.00. The van der Waals surface area contributed by atoms with E-state index in [1.54, 1.807) is 0 Å². The van der Waals surface area contributed by atoms with Gasteiger partial charge in [0.15, 0.2) is 0 Å². The van der Waals surface area contributed by atoms with Gasteiger partial charge in [0.25, 0.3) is 0 Å². The zero-order valence-corrected chi connectivity index (χ0v) is 18.3. The van der Waals surface area contributed by atoms with Crippen LogP contribution in [-0.2, 0) is 0 Å². The molecule has 4 aliphatic rings. The summed E-state index contributed by atoms with van der Waals surface area (Å²) in [5.74, 6) is 3.18. The van der Waals surface area contributed by atoms with Crippen LogP contribution in [0.4, 0.5) is 0 Å². The van der Waals surface area contributed by atoms with Gasteiger partial charge in [-0.2, -0.15) is 0 Å². The quantitative estimate of drug-likeness (QED) is 0.534. The Balaban J connectivity index is 0.000000187. The van der Waals surface area contributed by atoms with Gasteiger partial charge in [-0.3, -0.25) is 4.90 Å². The second-order valence-electron chi connectivity index (χ2n) is 10.3. The van der Waals surface area contributed by atoms with Gasteiger partial charge in [0.1, 0.15) is 0 Å². The zero-order chi connectivity index (χ0) is 18.5. The van der Waals surface area contributed by atoms with Crippen LogP contribution in [0.25, 0.3) is 0 Å². The fraction of sp³-hybridized carbons (Fsp3) is 1.00. The van der Waals surface area contributed by atoms with Gasteiger partial charge < -0.3 is 4.90 Å². The second kappa shape index (κ2) is 11.2. The maximum absolute atomic E-state index is 2.76. The van der Waals surface area contributed by atoms with E-state index in [9.17, 15) is 0 Å². The molecule has 2 heteroatoms. The largest absolute Gasteiger partial charge is 0.301 e. The van der Waals surface area contributed by atoms with E-state index in [0.717, 1.165) is 35.9 Å². The SMILES string of the molecule is C.CC(C)N1CCC2CCCCC2C1.CC(C)N1CCCC2CCCCC21. The van der Waals surface area contributed by atoms with Crippen LogP contribution in [0.5, 0.6) is 0 Å². The van der Waals surface area contributed by atoms with Gasteiger partial charge >= 0.3 is 0 Å². The first-order valence-corrected chi connectivity index (χ1v) is 12.1. The maximum Gasteiger partial charge on any atom is 0.0126 e. The van der Waals surface area contributed by atoms with E-state index in [2.05, 4.69) is 37.5 Å². The molecule has 0 amide bonds. The van der Waals surface area contributed by atoms with Gasteiger partial charge in [-0.05, 0) is 97.1 Å². The van der Waals surface area contributed by atoms with Crippen molar-refractivity contribution in [3.05, 3.63) is 0 Å². The summed E-state index contributed by atoms with van der Waals surface area (Å²) in [6, 6.07) is 2.48. The molecule has 4 unspecified atom stereocenters. The number of fused-ring (bicyclic) bond motifs is 2. The average molecular weight is 379 g/mol. The van der Waals surface area contributed by atoms with E-state index in [-0.39, 0.29) is 7.43 Å². The predicted octanol–water partition coefficient (Wildman–Crippen LogP) is 6.59. The first-order chi connectivity index (χ1) is 12.6. The number of hydrogen-bond acceptors (Lipinski definition) is 2. The van der Waals surface area contributed by atoms with Crippen molar-refractivity contribution in [2.75, 3.05) is 19.6 Å². The molecular formula is C25H50N2. The number of nitrogens with zero attached hydrogens (tertiary/aromatic N) is 2. The summed E-state index contributed by atoms with van der Waals surface area (Å²) in [6.45, 7) is 13.5. The Morgan fingerprint density at radius 2 is 1.19 bits per heavy atom. The van der Waals surface area contributed by atoms with Crippen molar-refractivity contribution in [3.8, 4) is 0 Å². The normalized spacial score (nSPS) is 34.9. The highest BCUT2D eigenvalue weighted by Crippen LogP contribution is 2.37. The molecule has 0 bridgehead atoms. The zero-order valence-electron chi connectivity index (χ0n) is 18.3. The summed E-state index contributed by atoms with van der Waals surface area (Å²) in [4.78, 5) is 5.43. The van der Waals surface area contributed by atoms with Crippen LogP contribution in [-0.4, -0.2) is 47.6 Å². The summed E-state index contributed by atoms with van der Waals surface area (Å²) in [7, 11) is 0. The first-order valence-electron chi connectivity index (χ1n) is 12.1. The van der Waals surface area contributed by atoms with Crippen molar-refractivity contribution in [1.82, 2.24) is 9.80 Å². The van der Waals surface area contributed by atoms with Crippen LogP contribution in [0, 0.1) is 17.8 Å². The summed E-state index contributed by atoms with van der Waals surface area (Å²) < 4.78 is 0. The van der Waals surface area contributed by atoms with Gasteiger partial charge in [0, 0.05) is 24.7 Å². The van der Waals surface area contributed by atoms with Gasteiger partial charge in [-0.25, -0.2) is 0 Å². The lowest BCUT2D eigenvalue weighted by molar-refractivity contribution is 0.0371. The molecule has 2 nitrogen and oxygen atoms in total. The van der Waals surface area contributed by atoms with Crippen molar-refractivity contribution >= 4 is 0 Å². The highest BCUT2D eigenvalue weighted by molar-refractivity contribution is 4.88. The summed E-state index contributed by atoms with van der Waals surface area (Å²) in [5, 5.41) is 0. The van der Waals surface area contributed by atoms with Crippen LogP contribution >= 0.6 is 0 Å². The lowest BCUT2D eigenvalue weighted by Gasteiger charge is -2.46. The topological polar surface area (TPSA) is 6.48 Å². The van der Waals surface area contributed by atoms with E-state index in [0.29, 0.717) is 0 Å². The Morgan fingerprint density at radius 1 is 0.593 bits per heavy atom. The third kappa shape index (κ3) is 6.20. The first kappa shape index (κ1) is 23.2. The number of rotatable bonds is 2. The summed E-state index contributed by atoms with van der Waals surface area (Å²) in [6.07, 6.45) is 16.4. The van der Waals surface area contributed by atoms with E-state index in [1.807, 2.05) is 0 Å². The molecule has 0 N–H and O–H groups in total. The highest BCUT2D eigenvalue weighted by atomic mass is 15.2. The van der Waals surface area contributed by atoms with Gasteiger partial charge in [0.05, 0.1) is 0 Å². The highest BCUT2D eigenvalue weighted by Gasteiger charge is 2.34. The monoisotopic (exact) mass is 378 g/mol. The minimum absolute atomic E-state index is 0. The molecule has 2 saturated carbocycles. The minimum atomic E-state index is 0. The summed E-state index contributed by atoms with van der Waals surface area (Å²) >= 11 is 0. The molecule has 2 heterocycles. The Morgan fingerprint density at radius 3 is 1.85 bits per heavy atom. The fourth-order valence-corrected chi connectivity index (χ4v) is 6.40. The van der Waals surface area contributed by atoms with E-state index in [1.165, 1.54) is 90.3 Å². The Labute approximate surface area is 171 Å². The lowest BCUT2D eigenvalue weighted by Crippen LogP contribution is -2.49. The number of likely N-dealkylation sites (tertiary alicyclic amines) is 2. The van der Waals surface area contributed by atoms with Crippen molar-refractivity contribution in [1.29, 1.82) is 0 Å². The Bertz CT molecular complexity index is 401. The predicted molar refractivity (Wildman–Crippen MR) is 120 cm³/mol. The molecule has 160 valence electrons. The molecule has 4 atom stereocenters. The van der Waals surface area contributed by atoms with E-state index >= 15 is 0 Å². The van der Waals surface area contributed by atoms with Crippen molar-refractivity contribution in [2.45, 2.75) is 124 Å². The molecule has 27 heavy (non-hydrogen) atoms. The van der Waals surface area contributed by atoms with Gasteiger partial charge in [-0.1, -0.05) is 39.5 Å². The van der Waals surface area contributed by atoms with Crippen molar-refractivity contribution in [3.63, 3.8) is 0 Å². The maximum atomic E-state index is 2.76. The lowest BCUT2D eigenvalue weighted by atomic mass is 9.75. The smallest absolute Gasteiger partial charge is 0.0126 e. The molecule has 4 fully saturated rings. The Hall–Kier alpha value is -0.0800. The van der Waals surface area contributed by atoms with E-state index < -0.39 is 0 Å².